The third-order valence-electron chi connectivity index (χ3n) is 1.31. The van der Waals surface area contributed by atoms with Crippen molar-refractivity contribution in [1.29, 1.82) is 0 Å². The first-order valence-electron chi connectivity index (χ1n) is 3.13. The van der Waals surface area contributed by atoms with Crippen LogP contribution in [0.2, 0.25) is 0 Å². The summed E-state index contributed by atoms with van der Waals surface area (Å²) in [6.45, 7) is 0. The Bertz CT molecular complexity index is 224. The van der Waals surface area contributed by atoms with E-state index in [0.717, 1.165) is 10.3 Å². The number of hydrogen-bond donors (Lipinski definition) is 0. The zero-order chi connectivity index (χ0) is 8.27. The molecule has 0 unspecified atom stereocenters. The number of halogens is 1. The minimum absolute atomic E-state index is 0.788. The molecule has 0 amide bonds. The van der Waals surface area contributed by atoms with Gasteiger partial charge in [0.05, 0.1) is 7.11 Å². The average Bonchev–Trinajstić information content (AvgIpc) is 2.05. The molecular formula is C7H9BrN2O. The molecule has 0 aliphatic carbocycles. The second-order valence-corrected chi connectivity index (χ2v) is 2.93. The summed E-state index contributed by atoms with van der Waals surface area (Å²) in [7, 11) is 3.40. The van der Waals surface area contributed by atoms with E-state index in [1.165, 1.54) is 0 Å². The number of hydroxylamine groups is 1. The van der Waals surface area contributed by atoms with Gasteiger partial charge in [0.15, 0.2) is 5.82 Å². The van der Waals surface area contributed by atoms with E-state index in [2.05, 4.69) is 20.9 Å². The van der Waals surface area contributed by atoms with Crippen molar-refractivity contribution in [2.75, 3.05) is 19.2 Å². The Morgan fingerprint density at radius 3 is 2.73 bits per heavy atom. The van der Waals surface area contributed by atoms with Gasteiger partial charge in [0, 0.05) is 17.7 Å². The quantitative estimate of drug-likeness (QED) is 0.706. The highest BCUT2D eigenvalue weighted by Crippen LogP contribution is 2.12. The van der Waals surface area contributed by atoms with E-state index >= 15 is 0 Å². The van der Waals surface area contributed by atoms with Crippen LogP contribution < -0.4 is 5.06 Å². The van der Waals surface area contributed by atoms with Crippen LogP contribution >= 0.6 is 15.9 Å². The SMILES string of the molecule is CON(C)c1ccc(Br)cn1. The first kappa shape index (κ1) is 8.49. The lowest BCUT2D eigenvalue weighted by Crippen LogP contribution is -2.15. The summed E-state index contributed by atoms with van der Waals surface area (Å²) in [6, 6.07) is 3.78. The van der Waals surface area contributed by atoms with E-state index in [-0.39, 0.29) is 0 Å². The van der Waals surface area contributed by atoms with Gasteiger partial charge in [-0.05, 0) is 28.1 Å². The fraction of sp³-hybridized carbons (Fsp3) is 0.286. The molecule has 4 heteroatoms. The first-order valence-corrected chi connectivity index (χ1v) is 3.92. The van der Waals surface area contributed by atoms with Crippen LogP contribution in [-0.4, -0.2) is 19.1 Å². The largest absolute Gasteiger partial charge is 0.276 e. The Morgan fingerprint density at radius 2 is 2.27 bits per heavy atom. The van der Waals surface area contributed by atoms with Crippen LogP contribution in [0.3, 0.4) is 0 Å². The second kappa shape index (κ2) is 3.69. The average molecular weight is 217 g/mol. The van der Waals surface area contributed by atoms with Crippen molar-refractivity contribution in [2.24, 2.45) is 0 Å². The van der Waals surface area contributed by atoms with Crippen molar-refractivity contribution < 1.29 is 4.84 Å². The lowest BCUT2D eigenvalue weighted by Gasteiger charge is -2.13. The molecule has 0 bridgehead atoms. The molecule has 1 aromatic heterocycles. The number of hydrogen-bond acceptors (Lipinski definition) is 3. The summed E-state index contributed by atoms with van der Waals surface area (Å²) < 4.78 is 0.964. The first-order chi connectivity index (χ1) is 5.24. The summed E-state index contributed by atoms with van der Waals surface area (Å²) in [5.41, 5.74) is 0. The summed E-state index contributed by atoms with van der Waals surface area (Å²) in [5.74, 6) is 0.788. The van der Waals surface area contributed by atoms with Gasteiger partial charge >= 0.3 is 0 Å². The van der Waals surface area contributed by atoms with Gasteiger partial charge in [-0.1, -0.05) is 0 Å². The molecule has 0 saturated carbocycles. The topological polar surface area (TPSA) is 25.4 Å². The molecule has 0 fully saturated rings. The molecule has 0 radical (unpaired) electrons. The lowest BCUT2D eigenvalue weighted by atomic mass is 10.5. The number of pyridine rings is 1. The van der Waals surface area contributed by atoms with Crippen LogP contribution in [0.5, 0.6) is 0 Å². The molecule has 0 spiro atoms. The van der Waals surface area contributed by atoms with E-state index in [9.17, 15) is 0 Å². The summed E-state index contributed by atoms with van der Waals surface area (Å²) >= 11 is 3.29. The van der Waals surface area contributed by atoms with Crippen molar-refractivity contribution in [1.82, 2.24) is 4.98 Å². The smallest absolute Gasteiger partial charge is 0.152 e. The van der Waals surface area contributed by atoms with Crippen molar-refractivity contribution >= 4 is 21.7 Å². The Morgan fingerprint density at radius 1 is 1.55 bits per heavy atom. The number of rotatable bonds is 2. The predicted molar refractivity (Wildman–Crippen MR) is 47.3 cm³/mol. The van der Waals surface area contributed by atoms with Crippen LogP contribution in [0.15, 0.2) is 22.8 Å². The molecular weight excluding hydrogens is 208 g/mol. The maximum Gasteiger partial charge on any atom is 0.152 e. The van der Waals surface area contributed by atoms with Gasteiger partial charge in [-0.2, -0.15) is 0 Å². The molecule has 0 atom stereocenters. The van der Waals surface area contributed by atoms with Crippen molar-refractivity contribution in [2.45, 2.75) is 0 Å². The van der Waals surface area contributed by atoms with Gasteiger partial charge < -0.3 is 0 Å². The Hall–Kier alpha value is -0.610. The molecule has 3 nitrogen and oxygen atoms in total. The highest BCUT2D eigenvalue weighted by molar-refractivity contribution is 9.10. The Kier molecular flexibility index (Phi) is 2.84. The lowest BCUT2D eigenvalue weighted by molar-refractivity contribution is 0.182. The standard InChI is InChI=1S/C7H9BrN2O/c1-10(11-2)7-4-3-6(8)5-9-7/h3-5H,1-2H3. The van der Waals surface area contributed by atoms with Crippen LogP contribution in [0.1, 0.15) is 0 Å². The van der Waals surface area contributed by atoms with Gasteiger partial charge in [-0.15, -0.1) is 0 Å². The van der Waals surface area contributed by atoms with Crippen LogP contribution in [0.4, 0.5) is 5.82 Å². The van der Waals surface area contributed by atoms with E-state index in [1.54, 1.807) is 25.4 Å². The fourth-order valence-corrected chi connectivity index (χ4v) is 0.882. The minimum atomic E-state index is 0.788. The minimum Gasteiger partial charge on any atom is -0.276 e. The van der Waals surface area contributed by atoms with Crippen LogP contribution in [0.25, 0.3) is 0 Å². The monoisotopic (exact) mass is 216 g/mol. The molecule has 0 saturated heterocycles. The normalized spacial score (nSPS) is 9.73. The molecule has 60 valence electrons. The van der Waals surface area contributed by atoms with Gasteiger partial charge in [-0.25, -0.2) is 10.0 Å². The third-order valence-corrected chi connectivity index (χ3v) is 1.78. The highest BCUT2D eigenvalue weighted by Gasteiger charge is 1.98. The van der Waals surface area contributed by atoms with Crippen LogP contribution in [-0.2, 0) is 4.84 Å². The highest BCUT2D eigenvalue weighted by atomic mass is 79.9. The van der Waals surface area contributed by atoms with Gasteiger partial charge in [0.1, 0.15) is 0 Å². The zero-order valence-electron chi connectivity index (χ0n) is 6.41. The molecule has 0 N–H and O–H groups in total. The molecule has 11 heavy (non-hydrogen) atoms. The van der Waals surface area contributed by atoms with E-state index in [4.69, 9.17) is 4.84 Å². The van der Waals surface area contributed by atoms with Crippen molar-refractivity contribution in [3.8, 4) is 0 Å². The zero-order valence-corrected chi connectivity index (χ0v) is 8.00. The maximum absolute atomic E-state index is 4.93. The molecule has 0 aliphatic rings. The number of nitrogens with zero attached hydrogens (tertiary/aromatic N) is 2. The summed E-state index contributed by atoms with van der Waals surface area (Å²) in [6.07, 6.45) is 1.73. The third kappa shape index (κ3) is 2.17. The van der Waals surface area contributed by atoms with Gasteiger partial charge in [-0.3, -0.25) is 4.84 Å². The molecule has 0 aromatic carbocycles. The fourth-order valence-electron chi connectivity index (χ4n) is 0.648. The molecule has 1 rings (SSSR count). The summed E-state index contributed by atoms with van der Waals surface area (Å²) in [4.78, 5) is 9.03. The Labute approximate surface area is 74.1 Å². The number of anilines is 1. The van der Waals surface area contributed by atoms with E-state index < -0.39 is 0 Å². The number of aromatic nitrogens is 1. The Balaban J connectivity index is 2.81. The molecule has 1 aromatic rings. The van der Waals surface area contributed by atoms with E-state index in [1.807, 2.05) is 12.1 Å². The predicted octanol–water partition coefficient (Wildman–Crippen LogP) is 1.84. The maximum atomic E-state index is 4.93. The summed E-state index contributed by atoms with van der Waals surface area (Å²) in [5, 5.41) is 1.59. The van der Waals surface area contributed by atoms with Crippen molar-refractivity contribution in [3.05, 3.63) is 22.8 Å². The molecule has 0 aliphatic heterocycles. The van der Waals surface area contributed by atoms with E-state index in [0.29, 0.717) is 0 Å². The van der Waals surface area contributed by atoms with Crippen LogP contribution in [0, 0.1) is 0 Å². The van der Waals surface area contributed by atoms with Gasteiger partial charge in [0.25, 0.3) is 0 Å². The van der Waals surface area contributed by atoms with Crippen molar-refractivity contribution in [3.63, 3.8) is 0 Å². The van der Waals surface area contributed by atoms with Gasteiger partial charge in [0.2, 0.25) is 0 Å². The second-order valence-electron chi connectivity index (χ2n) is 2.01. The molecule has 1 heterocycles.